The van der Waals surface area contributed by atoms with Crippen LogP contribution in [-0.4, -0.2) is 19.1 Å². The monoisotopic (exact) mass is 217 g/mol. The second kappa shape index (κ2) is 5.35. The summed E-state index contributed by atoms with van der Waals surface area (Å²) in [6.45, 7) is 1.35. The van der Waals surface area contributed by atoms with Crippen LogP contribution in [0.2, 0.25) is 0 Å². The third-order valence-electron chi connectivity index (χ3n) is 2.54. The van der Waals surface area contributed by atoms with Gasteiger partial charge in [0.05, 0.1) is 12.2 Å². The minimum Gasteiger partial charge on any atom is -0.462 e. The molecule has 0 aromatic heterocycles. The highest BCUT2D eigenvalue weighted by molar-refractivity contribution is 5.90. The average Bonchev–Trinajstić information content (AvgIpc) is 2.72. The Balaban J connectivity index is 1.75. The highest BCUT2D eigenvalue weighted by Gasteiger charge is 2.17. The van der Waals surface area contributed by atoms with Crippen LogP contribution in [0.3, 0.4) is 0 Å². The molecular weight excluding hydrogens is 202 g/mol. The van der Waals surface area contributed by atoms with E-state index in [1.807, 2.05) is 18.2 Å². The van der Waals surface area contributed by atoms with Gasteiger partial charge in [0.15, 0.2) is 0 Å². The third-order valence-corrected chi connectivity index (χ3v) is 2.54. The molecule has 0 radical (unpaired) electrons. The van der Waals surface area contributed by atoms with Crippen molar-refractivity contribution in [3.8, 4) is 0 Å². The van der Waals surface area contributed by atoms with Gasteiger partial charge in [0.1, 0.15) is 0 Å². The Morgan fingerprint density at radius 1 is 1.31 bits per heavy atom. The molecule has 0 amide bonds. The molecule has 0 aliphatic carbocycles. The standard InChI is InChI=1S/C13H15NO2/c15-13-12(7-9-16-13)10-14-8-6-11-4-2-1-3-5-11/h1-5,10,14H,6-9H2. The zero-order chi connectivity index (χ0) is 11.2. The fraction of sp³-hybridized carbons (Fsp3) is 0.308. The molecule has 1 saturated heterocycles. The number of cyclic esters (lactones) is 1. The summed E-state index contributed by atoms with van der Waals surface area (Å²) < 4.78 is 4.83. The zero-order valence-corrected chi connectivity index (χ0v) is 9.11. The van der Waals surface area contributed by atoms with Gasteiger partial charge in [-0.15, -0.1) is 0 Å². The van der Waals surface area contributed by atoms with E-state index in [1.165, 1.54) is 5.56 Å². The molecule has 0 atom stereocenters. The van der Waals surface area contributed by atoms with Gasteiger partial charge in [-0.1, -0.05) is 30.3 Å². The molecule has 1 aliphatic heterocycles. The Hall–Kier alpha value is -1.77. The lowest BCUT2D eigenvalue weighted by Crippen LogP contribution is -2.12. The number of ether oxygens (including phenoxy) is 1. The minimum atomic E-state index is -0.188. The molecular formula is C13H15NO2. The summed E-state index contributed by atoms with van der Waals surface area (Å²) in [6.07, 6.45) is 3.45. The van der Waals surface area contributed by atoms with Crippen molar-refractivity contribution in [3.63, 3.8) is 0 Å². The first-order chi connectivity index (χ1) is 7.86. The fourth-order valence-corrected chi connectivity index (χ4v) is 1.64. The lowest BCUT2D eigenvalue weighted by atomic mass is 10.1. The Morgan fingerprint density at radius 2 is 2.12 bits per heavy atom. The SMILES string of the molecule is O=C1OCCC1=CNCCc1ccccc1. The Morgan fingerprint density at radius 3 is 2.81 bits per heavy atom. The van der Waals surface area contributed by atoms with Gasteiger partial charge in [-0.3, -0.25) is 0 Å². The maximum Gasteiger partial charge on any atom is 0.335 e. The number of hydrogen-bond donors (Lipinski definition) is 1. The number of carbonyl (C=O) groups excluding carboxylic acids is 1. The van der Waals surface area contributed by atoms with E-state index in [-0.39, 0.29) is 5.97 Å². The maximum atomic E-state index is 11.1. The molecule has 1 N–H and O–H groups in total. The van der Waals surface area contributed by atoms with Crippen LogP contribution < -0.4 is 5.32 Å². The minimum absolute atomic E-state index is 0.188. The topological polar surface area (TPSA) is 38.3 Å². The average molecular weight is 217 g/mol. The van der Waals surface area contributed by atoms with Gasteiger partial charge in [0.25, 0.3) is 0 Å². The molecule has 1 aromatic rings. The molecule has 1 aliphatic rings. The van der Waals surface area contributed by atoms with Crippen LogP contribution in [0.25, 0.3) is 0 Å². The summed E-state index contributed by atoms with van der Waals surface area (Å²) in [6, 6.07) is 10.3. The van der Waals surface area contributed by atoms with Crippen molar-refractivity contribution in [3.05, 3.63) is 47.7 Å². The Bertz CT molecular complexity index is 384. The first-order valence-electron chi connectivity index (χ1n) is 5.50. The van der Waals surface area contributed by atoms with Gasteiger partial charge in [-0.05, 0) is 12.0 Å². The number of benzene rings is 1. The quantitative estimate of drug-likeness (QED) is 0.473. The number of esters is 1. The Kier molecular flexibility index (Phi) is 3.59. The molecule has 1 aromatic carbocycles. The van der Waals surface area contributed by atoms with E-state index in [1.54, 1.807) is 6.20 Å². The van der Waals surface area contributed by atoms with Crippen LogP contribution in [-0.2, 0) is 16.0 Å². The Labute approximate surface area is 95.1 Å². The molecule has 0 bridgehead atoms. The number of carbonyl (C=O) groups is 1. The van der Waals surface area contributed by atoms with Crippen molar-refractivity contribution in [1.29, 1.82) is 0 Å². The molecule has 2 rings (SSSR count). The summed E-state index contributed by atoms with van der Waals surface area (Å²) >= 11 is 0. The van der Waals surface area contributed by atoms with E-state index in [4.69, 9.17) is 4.74 Å². The normalized spacial score (nSPS) is 17.5. The van der Waals surface area contributed by atoms with Crippen molar-refractivity contribution in [2.45, 2.75) is 12.8 Å². The third kappa shape index (κ3) is 2.86. The van der Waals surface area contributed by atoms with E-state index in [0.717, 1.165) is 25.0 Å². The van der Waals surface area contributed by atoms with E-state index in [0.29, 0.717) is 6.61 Å². The van der Waals surface area contributed by atoms with Gasteiger partial charge in [-0.2, -0.15) is 0 Å². The number of rotatable bonds is 4. The summed E-state index contributed by atoms with van der Waals surface area (Å²) in [5.74, 6) is -0.188. The van der Waals surface area contributed by atoms with Gasteiger partial charge < -0.3 is 10.1 Å². The fourth-order valence-electron chi connectivity index (χ4n) is 1.64. The second-order valence-corrected chi connectivity index (χ2v) is 3.75. The first-order valence-corrected chi connectivity index (χ1v) is 5.50. The maximum absolute atomic E-state index is 11.1. The van der Waals surface area contributed by atoms with E-state index in [9.17, 15) is 4.79 Å². The smallest absolute Gasteiger partial charge is 0.335 e. The first kappa shape index (κ1) is 10.7. The molecule has 84 valence electrons. The van der Waals surface area contributed by atoms with Crippen LogP contribution in [0, 0.1) is 0 Å². The molecule has 0 spiro atoms. The van der Waals surface area contributed by atoms with Crippen molar-refractivity contribution in [2.24, 2.45) is 0 Å². The van der Waals surface area contributed by atoms with Gasteiger partial charge in [-0.25, -0.2) is 4.79 Å². The van der Waals surface area contributed by atoms with Crippen molar-refractivity contribution in [1.82, 2.24) is 5.32 Å². The highest BCUT2D eigenvalue weighted by Crippen LogP contribution is 2.11. The highest BCUT2D eigenvalue weighted by atomic mass is 16.5. The van der Waals surface area contributed by atoms with Crippen LogP contribution in [0.4, 0.5) is 0 Å². The molecule has 3 nitrogen and oxygen atoms in total. The largest absolute Gasteiger partial charge is 0.462 e. The molecule has 1 fully saturated rings. The van der Waals surface area contributed by atoms with Gasteiger partial charge in [0.2, 0.25) is 0 Å². The van der Waals surface area contributed by atoms with Crippen molar-refractivity contribution < 1.29 is 9.53 Å². The van der Waals surface area contributed by atoms with Gasteiger partial charge in [0, 0.05) is 19.2 Å². The van der Waals surface area contributed by atoms with Crippen LogP contribution in [0.5, 0.6) is 0 Å². The van der Waals surface area contributed by atoms with E-state index < -0.39 is 0 Å². The zero-order valence-electron chi connectivity index (χ0n) is 9.11. The molecule has 0 saturated carbocycles. The van der Waals surface area contributed by atoms with Crippen LogP contribution in [0.1, 0.15) is 12.0 Å². The predicted octanol–water partition coefficient (Wildman–Crippen LogP) is 1.65. The number of hydrogen-bond acceptors (Lipinski definition) is 3. The summed E-state index contributed by atoms with van der Waals surface area (Å²) in [4.78, 5) is 11.1. The lowest BCUT2D eigenvalue weighted by Gasteiger charge is -2.01. The van der Waals surface area contributed by atoms with Crippen LogP contribution in [0.15, 0.2) is 42.1 Å². The predicted molar refractivity (Wildman–Crippen MR) is 61.8 cm³/mol. The summed E-state index contributed by atoms with van der Waals surface area (Å²) in [5, 5.41) is 3.14. The molecule has 16 heavy (non-hydrogen) atoms. The number of nitrogens with one attached hydrogen (secondary N) is 1. The van der Waals surface area contributed by atoms with Crippen LogP contribution >= 0.6 is 0 Å². The van der Waals surface area contributed by atoms with Crippen molar-refractivity contribution >= 4 is 5.97 Å². The van der Waals surface area contributed by atoms with Crippen molar-refractivity contribution in [2.75, 3.05) is 13.2 Å². The van der Waals surface area contributed by atoms with E-state index in [2.05, 4.69) is 17.4 Å². The summed E-state index contributed by atoms with van der Waals surface area (Å²) in [7, 11) is 0. The molecule has 0 unspecified atom stereocenters. The second-order valence-electron chi connectivity index (χ2n) is 3.75. The van der Waals surface area contributed by atoms with E-state index >= 15 is 0 Å². The summed E-state index contributed by atoms with van der Waals surface area (Å²) in [5.41, 5.74) is 2.04. The van der Waals surface area contributed by atoms with Gasteiger partial charge >= 0.3 is 5.97 Å². The molecule has 1 heterocycles. The molecule has 3 heteroatoms. The lowest BCUT2D eigenvalue weighted by molar-refractivity contribution is -0.135.